The van der Waals surface area contributed by atoms with E-state index in [0.29, 0.717) is 43.0 Å². The van der Waals surface area contributed by atoms with Gasteiger partial charge in [-0.15, -0.1) is 0 Å². The quantitative estimate of drug-likeness (QED) is 0.711. The molecule has 8 nitrogen and oxygen atoms in total. The maximum absolute atomic E-state index is 13.3. The Morgan fingerprint density at radius 2 is 1.85 bits per heavy atom. The topological polar surface area (TPSA) is 84.9 Å². The second kappa shape index (κ2) is 8.32. The average Bonchev–Trinajstić information content (AvgIpc) is 3.20. The Morgan fingerprint density at radius 3 is 2.55 bits per heavy atom. The number of ether oxygens (including phenoxy) is 2. The summed E-state index contributed by atoms with van der Waals surface area (Å²) < 4.78 is 11.6. The van der Waals surface area contributed by atoms with Crippen molar-refractivity contribution in [2.45, 2.75) is 45.1 Å². The van der Waals surface area contributed by atoms with Crippen LogP contribution in [0.5, 0.6) is 11.5 Å². The van der Waals surface area contributed by atoms with Crippen molar-refractivity contribution >= 4 is 17.6 Å². The van der Waals surface area contributed by atoms with E-state index in [4.69, 9.17) is 9.47 Å². The maximum atomic E-state index is 13.3. The van der Waals surface area contributed by atoms with E-state index in [1.165, 1.54) is 0 Å². The third-order valence-electron chi connectivity index (χ3n) is 7.02. The molecule has 174 valence electrons. The van der Waals surface area contributed by atoms with Gasteiger partial charge < -0.3 is 19.3 Å². The maximum Gasteiger partial charge on any atom is 0.225 e. The van der Waals surface area contributed by atoms with E-state index in [1.807, 2.05) is 24.8 Å². The first-order valence-corrected chi connectivity index (χ1v) is 11.6. The van der Waals surface area contributed by atoms with Gasteiger partial charge in [-0.2, -0.15) is 0 Å². The largest absolute Gasteiger partial charge is 0.497 e. The van der Waals surface area contributed by atoms with E-state index in [-0.39, 0.29) is 17.6 Å². The third-order valence-corrected chi connectivity index (χ3v) is 7.02. The Labute approximate surface area is 193 Å². The molecular weight excluding hydrogens is 420 g/mol. The standard InChI is InChI=1S/C25H30N4O4/c1-16-12-17(2)27-24(26-16)28-9-6-18(7-10-28)23(31)29-11-8-25(15-29)14-21(30)20-13-19(32-3)4-5-22(20)33-25/h4-5,12-13,18H,6-11,14-15H2,1-3H3. The summed E-state index contributed by atoms with van der Waals surface area (Å²) in [6.45, 7) is 6.57. The molecule has 1 spiro atoms. The first kappa shape index (κ1) is 21.7. The zero-order valence-electron chi connectivity index (χ0n) is 19.5. The molecule has 4 heterocycles. The van der Waals surface area contributed by atoms with Crippen molar-refractivity contribution in [1.82, 2.24) is 14.9 Å². The number of nitrogens with zero attached hydrogens (tertiary/aromatic N) is 4. The van der Waals surface area contributed by atoms with Gasteiger partial charge in [0, 0.05) is 43.4 Å². The number of benzene rings is 1. The monoisotopic (exact) mass is 450 g/mol. The highest BCUT2D eigenvalue weighted by Gasteiger charge is 2.48. The van der Waals surface area contributed by atoms with Gasteiger partial charge in [-0.3, -0.25) is 9.59 Å². The number of methoxy groups -OCH3 is 1. The minimum atomic E-state index is -0.623. The van der Waals surface area contributed by atoms with Gasteiger partial charge in [-0.1, -0.05) is 0 Å². The number of carbonyl (C=O) groups excluding carboxylic acids is 2. The molecule has 2 fully saturated rings. The first-order chi connectivity index (χ1) is 15.9. The lowest BCUT2D eigenvalue weighted by molar-refractivity contribution is -0.136. The SMILES string of the molecule is COc1ccc2c(c1)C(=O)CC1(CCN(C(=O)C3CCN(c4nc(C)cc(C)n4)CC3)C1)O2. The van der Waals surface area contributed by atoms with E-state index < -0.39 is 5.60 Å². The van der Waals surface area contributed by atoms with E-state index in [2.05, 4.69) is 14.9 Å². The molecule has 0 N–H and O–H groups in total. The lowest BCUT2D eigenvalue weighted by Gasteiger charge is -2.36. The molecule has 2 aromatic rings. The van der Waals surface area contributed by atoms with Crippen molar-refractivity contribution in [1.29, 1.82) is 0 Å². The molecule has 3 aliphatic heterocycles. The van der Waals surface area contributed by atoms with Gasteiger partial charge in [0.2, 0.25) is 11.9 Å². The Hall–Kier alpha value is -3.16. The van der Waals surface area contributed by atoms with Gasteiger partial charge in [0.15, 0.2) is 5.78 Å². The number of aryl methyl sites for hydroxylation is 2. The minimum Gasteiger partial charge on any atom is -0.497 e. The zero-order chi connectivity index (χ0) is 23.2. The van der Waals surface area contributed by atoms with Crippen LogP contribution in [0.4, 0.5) is 5.95 Å². The van der Waals surface area contributed by atoms with Crippen molar-refractivity contribution in [3.8, 4) is 11.5 Å². The number of rotatable bonds is 3. The lowest BCUT2D eigenvalue weighted by atomic mass is 9.89. The molecule has 0 radical (unpaired) electrons. The van der Waals surface area contributed by atoms with Gasteiger partial charge in [0.05, 0.1) is 25.6 Å². The first-order valence-electron chi connectivity index (χ1n) is 11.6. The van der Waals surface area contributed by atoms with Crippen molar-refractivity contribution in [3.05, 3.63) is 41.2 Å². The van der Waals surface area contributed by atoms with Crippen LogP contribution in [0.2, 0.25) is 0 Å². The second-order valence-corrected chi connectivity index (χ2v) is 9.47. The highest BCUT2D eigenvalue weighted by atomic mass is 16.5. The summed E-state index contributed by atoms with van der Waals surface area (Å²) in [5, 5.41) is 0. The Kier molecular flexibility index (Phi) is 5.46. The van der Waals surface area contributed by atoms with E-state index in [9.17, 15) is 9.59 Å². The van der Waals surface area contributed by atoms with Crippen molar-refractivity contribution in [2.24, 2.45) is 5.92 Å². The van der Waals surface area contributed by atoms with Gasteiger partial charge in [0.25, 0.3) is 0 Å². The molecule has 0 bridgehead atoms. The number of hydrogen-bond donors (Lipinski definition) is 0. The van der Waals surface area contributed by atoms with Crippen LogP contribution in [0.3, 0.4) is 0 Å². The van der Waals surface area contributed by atoms with Crippen molar-refractivity contribution < 1.29 is 19.1 Å². The van der Waals surface area contributed by atoms with Crippen LogP contribution in [0.15, 0.2) is 24.3 Å². The van der Waals surface area contributed by atoms with Crippen LogP contribution >= 0.6 is 0 Å². The van der Waals surface area contributed by atoms with Crippen LogP contribution in [0.1, 0.15) is 47.4 Å². The molecule has 1 unspecified atom stereocenters. The third kappa shape index (κ3) is 4.14. The van der Waals surface area contributed by atoms with E-state index in [1.54, 1.807) is 25.3 Å². The highest BCUT2D eigenvalue weighted by molar-refractivity contribution is 6.01. The fourth-order valence-corrected chi connectivity index (χ4v) is 5.29. The van der Waals surface area contributed by atoms with E-state index in [0.717, 1.165) is 43.3 Å². The Bertz CT molecular complexity index is 1080. The molecule has 8 heteroatoms. The fourth-order valence-electron chi connectivity index (χ4n) is 5.29. The van der Waals surface area contributed by atoms with Gasteiger partial charge >= 0.3 is 0 Å². The van der Waals surface area contributed by atoms with E-state index >= 15 is 0 Å². The molecule has 5 rings (SSSR count). The molecule has 1 aromatic carbocycles. The zero-order valence-corrected chi connectivity index (χ0v) is 19.5. The summed E-state index contributed by atoms with van der Waals surface area (Å²) in [5.41, 5.74) is 1.85. The number of hydrogen-bond acceptors (Lipinski definition) is 7. The smallest absolute Gasteiger partial charge is 0.225 e. The lowest BCUT2D eigenvalue weighted by Crippen LogP contribution is -2.47. The summed E-state index contributed by atoms with van der Waals surface area (Å²) in [6.07, 6.45) is 2.52. The summed E-state index contributed by atoms with van der Waals surface area (Å²) >= 11 is 0. The van der Waals surface area contributed by atoms with Gasteiger partial charge in [-0.05, 0) is 51.0 Å². The molecule has 1 atom stereocenters. The molecule has 0 saturated carbocycles. The second-order valence-electron chi connectivity index (χ2n) is 9.47. The fraction of sp³-hybridized carbons (Fsp3) is 0.520. The summed E-state index contributed by atoms with van der Waals surface area (Å²) in [5.74, 6) is 2.18. The highest BCUT2D eigenvalue weighted by Crippen LogP contribution is 2.40. The van der Waals surface area contributed by atoms with Crippen LogP contribution in [0.25, 0.3) is 0 Å². The minimum absolute atomic E-state index is 0.0156. The average molecular weight is 451 g/mol. The van der Waals surface area contributed by atoms with Crippen LogP contribution in [-0.2, 0) is 4.79 Å². The number of carbonyl (C=O) groups is 2. The number of amides is 1. The number of Topliss-reactive ketones (excluding diaryl/α,β-unsaturated/α-hetero) is 1. The molecule has 2 saturated heterocycles. The molecule has 0 aliphatic carbocycles. The number of fused-ring (bicyclic) bond motifs is 1. The Balaban J connectivity index is 1.22. The predicted molar refractivity (Wildman–Crippen MR) is 123 cm³/mol. The van der Waals surface area contributed by atoms with Gasteiger partial charge in [0.1, 0.15) is 17.1 Å². The van der Waals surface area contributed by atoms with Crippen molar-refractivity contribution in [3.63, 3.8) is 0 Å². The molecule has 1 amide bonds. The number of likely N-dealkylation sites (tertiary alicyclic amines) is 1. The van der Waals surface area contributed by atoms with Crippen LogP contribution in [0, 0.1) is 19.8 Å². The van der Waals surface area contributed by atoms with Crippen LogP contribution in [-0.4, -0.2) is 65.4 Å². The summed E-state index contributed by atoms with van der Waals surface area (Å²) in [6, 6.07) is 7.30. The normalized spacial score (nSPS) is 22.9. The summed E-state index contributed by atoms with van der Waals surface area (Å²) in [7, 11) is 1.58. The number of piperidine rings is 1. The Morgan fingerprint density at radius 1 is 1.12 bits per heavy atom. The molecular formula is C25H30N4O4. The molecule has 3 aliphatic rings. The number of aromatic nitrogens is 2. The number of anilines is 1. The molecule has 1 aromatic heterocycles. The van der Waals surface area contributed by atoms with Crippen LogP contribution < -0.4 is 14.4 Å². The molecule has 33 heavy (non-hydrogen) atoms. The van der Waals surface area contributed by atoms with Gasteiger partial charge in [-0.25, -0.2) is 9.97 Å². The number of ketones is 1. The predicted octanol–water partition coefficient (Wildman–Crippen LogP) is 2.95. The van der Waals surface area contributed by atoms with Crippen molar-refractivity contribution in [2.75, 3.05) is 38.2 Å². The summed E-state index contributed by atoms with van der Waals surface area (Å²) in [4.78, 5) is 39.4.